The molecule has 0 saturated heterocycles. The van der Waals surface area contributed by atoms with E-state index in [0.717, 1.165) is 17.0 Å². The Hall–Kier alpha value is -2.37. The van der Waals surface area contributed by atoms with Crippen molar-refractivity contribution in [1.82, 2.24) is 4.98 Å². The van der Waals surface area contributed by atoms with E-state index in [1.165, 1.54) is 6.07 Å². The van der Waals surface area contributed by atoms with Gasteiger partial charge >= 0.3 is 0 Å². The lowest BCUT2D eigenvalue weighted by Gasteiger charge is -2.10. The van der Waals surface area contributed by atoms with Crippen molar-refractivity contribution in [3.63, 3.8) is 0 Å². The van der Waals surface area contributed by atoms with Gasteiger partial charge in [0.25, 0.3) is 5.69 Å². The molecule has 0 aliphatic rings. The van der Waals surface area contributed by atoms with Crippen LogP contribution in [0.15, 0.2) is 48.7 Å². The summed E-state index contributed by atoms with van der Waals surface area (Å²) >= 11 is 12.1. The third kappa shape index (κ3) is 2.68. The predicted molar refractivity (Wildman–Crippen MR) is 84.9 cm³/mol. The maximum atomic E-state index is 10.7. The van der Waals surface area contributed by atoms with Gasteiger partial charge in [-0.05, 0) is 12.1 Å². The first-order valence-corrected chi connectivity index (χ1v) is 6.97. The van der Waals surface area contributed by atoms with Gasteiger partial charge < -0.3 is 4.74 Å². The number of aromatic nitrogens is 1. The fourth-order valence-electron chi connectivity index (χ4n) is 2.02. The summed E-state index contributed by atoms with van der Waals surface area (Å²) in [5.74, 6) is 0.614. The second kappa shape index (κ2) is 5.79. The average Bonchev–Trinajstić information content (AvgIpc) is 2.52. The molecule has 0 aliphatic heterocycles. The molecule has 0 unspecified atom stereocenters. The zero-order valence-electron chi connectivity index (χ0n) is 11.0. The number of fused-ring (bicyclic) bond motifs is 1. The molecule has 1 aromatic heterocycles. The van der Waals surface area contributed by atoms with Gasteiger partial charge in [-0.2, -0.15) is 0 Å². The molecular formula is C15H8Cl2N2O3. The van der Waals surface area contributed by atoms with Crippen molar-refractivity contribution in [3.05, 3.63) is 68.8 Å². The van der Waals surface area contributed by atoms with Crippen molar-refractivity contribution in [2.75, 3.05) is 0 Å². The van der Waals surface area contributed by atoms with Crippen LogP contribution < -0.4 is 4.74 Å². The molecule has 7 heteroatoms. The molecule has 0 bridgehead atoms. The van der Waals surface area contributed by atoms with Crippen molar-refractivity contribution in [2.24, 2.45) is 0 Å². The minimum Gasteiger partial charge on any atom is -0.437 e. The van der Waals surface area contributed by atoms with Gasteiger partial charge in [-0.1, -0.05) is 47.5 Å². The lowest BCUT2D eigenvalue weighted by Crippen LogP contribution is -1.93. The fraction of sp³-hybridized carbons (Fsp3) is 0. The van der Waals surface area contributed by atoms with Crippen molar-refractivity contribution < 1.29 is 9.66 Å². The van der Waals surface area contributed by atoms with Gasteiger partial charge in [0.05, 0.1) is 4.92 Å². The molecule has 0 amide bonds. The molecule has 110 valence electrons. The first-order valence-electron chi connectivity index (χ1n) is 6.21. The Morgan fingerprint density at radius 3 is 2.45 bits per heavy atom. The summed E-state index contributed by atoms with van der Waals surface area (Å²) in [5, 5.41) is 13.0. The zero-order chi connectivity index (χ0) is 15.7. The topological polar surface area (TPSA) is 65.3 Å². The minimum atomic E-state index is -0.569. The summed E-state index contributed by atoms with van der Waals surface area (Å²) in [4.78, 5) is 14.0. The quantitative estimate of drug-likeness (QED) is 0.485. The number of halogens is 2. The highest BCUT2D eigenvalue weighted by Gasteiger charge is 2.14. The normalized spacial score (nSPS) is 10.6. The smallest absolute Gasteiger partial charge is 0.289 e. The molecule has 0 radical (unpaired) electrons. The second-order valence-electron chi connectivity index (χ2n) is 4.43. The summed E-state index contributed by atoms with van der Waals surface area (Å²) in [6.07, 6.45) is 1.10. The SMILES string of the molecule is O=[N+]([O-])c1cnc(Oc2ccc(Cl)c3ccccc23)c(Cl)c1. The summed E-state index contributed by atoms with van der Waals surface area (Å²) < 4.78 is 5.69. The maximum Gasteiger partial charge on any atom is 0.289 e. The number of hydrogen-bond acceptors (Lipinski definition) is 4. The number of nitro groups is 1. The van der Waals surface area contributed by atoms with Crippen LogP contribution >= 0.6 is 23.2 Å². The van der Waals surface area contributed by atoms with E-state index in [1.54, 1.807) is 12.1 Å². The first kappa shape index (κ1) is 14.6. The van der Waals surface area contributed by atoms with E-state index in [-0.39, 0.29) is 16.6 Å². The molecule has 0 saturated carbocycles. The number of ether oxygens (including phenoxy) is 1. The van der Waals surface area contributed by atoms with Gasteiger partial charge in [0, 0.05) is 21.9 Å². The fourth-order valence-corrected chi connectivity index (χ4v) is 2.44. The van der Waals surface area contributed by atoms with E-state index >= 15 is 0 Å². The van der Waals surface area contributed by atoms with Crippen molar-refractivity contribution >= 4 is 39.7 Å². The van der Waals surface area contributed by atoms with Crippen LogP contribution in [-0.2, 0) is 0 Å². The molecular weight excluding hydrogens is 327 g/mol. The van der Waals surface area contributed by atoms with Crippen molar-refractivity contribution in [3.8, 4) is 11.6 Å². The van der Waals surface area contributed by atoms with E-state index < -0.39 is 4.92 Å². The molecule has 3 rings (SSSR count). The van der Waals surface area contributed by atoms with Gasteiger partial charge in [0.2, 0.25) is 5.88 Å². The van der Waals surface area contributed by atoms with Gasteiger partial charge in [-0.3, -0.25) is 10.1 Å². The zero-order valence-corrected chi connectivity index (χ0v) is 12.5. The van der Waals surface area contributed by atoms with Crippen LogP contribution in [-0.4, -0.2) is 9.91 Å². The van der Waals surface area contributed by atoms with E-state index in [1.807, 2.05) is 24.3 Å². The Labute approximate surface area is 135 Å². The van der Waals surface area contributed by atoms with Crippen molar-refractivity contribution in [1.29, 1.82) is 0 Å². The monoisotopic (exact) mass is 334 g/mol. The number of benzene rings is 2. The number of nitrogens with zero attached hydrogens (tertiary/aromatic N) is 2. The van der Waals surface area contributed by atoms with Gasteiger partial charge in [-0.25, -0.2) is 4.98 Å². The Morgan fingerprint density at radius 1 is 1.05 bits per heavy atom. The molecule has 5 nitrogen and oxygen atoms in total. The van der Waals surface area contributed by atoms with Crippen LogP contribution in [0.4, 0.5) is 5.69 Å². The third-order valence-corrected chi connectivity index (χ3v) is 3.64. The van der Waals surface area contributed by atoms with Crippen LogP contribution in [0.3, 0.4) is 0 Å². The Kier molecular flexibility index (Phi) is 3.83. The van der Waals surface area contributed by atoms with E-state index in [0.29, 0.717) is 10.8 Å². The second-order valence-corrected chi connectivity index (χ2v) is 5.25. The largest absolute Gasteiger partial charge is 0.437 e. The standard InChI is InChI=1S/C15H8Cl2N2O3/c16-12-5-6-14(11-4-2-1-3-10(11)12)22-15-13(17)7-9(8-18-15)19(20)21/h1-8H. The molecule has 0 atom stereocenters. The number of hydrogen-bond donors (Lipinski definition) is 0. The van der Waals surface area contributed by atoms with Crippen LogP contribution in [0.1, 0.15) is 0 Å². The minimum absolute atomic E-state index is 0.0632. The molecule has 22 heavy (non-hydrogen) atoms. The van der Waals surface area contributed by atoms with Crippen molar-refractivity contribution in [2.45, 2.75) is 0 Å². The Balaban J connectivity index is 2.04. The highest BCUT2D eigenvalue weighted by Crippen LogP contribution is 2.36. The van der Waals surface area contributed by atoms with Crippen LogP contribution in [0.2, 0.25) is 10.0 Å². The van der Waals surface area contributed by atoms with Gasteiger partial charge in [-0.15, -0.1) is 0 Å². The maximum absolute atomic E-state index is 10.7. The van der Waals surface area contributed by atoms with Crippen LogP contribution in [0, 0.1) is 10.1 Å². The summed E-state index contributed by atoms with van der Waals surface area (Å²) in [6, 6.07) is 12.1. The predicted octanol–water partition coefficient (Wildman–Crippen LogP) is 5.24. The van der Waals surface area contributed by atoms with Crippen LogP contribution in [0.25, 0.3) is 10.8 Å². The van der Waals surface area contributed by atoms with Gasteiger partial charge in [0.1, 0.15) is 17.0 Å². The highest BCUT2D eigenvalue weighted by molar-refractivity contribution is 6.35. The lowest BCUT2D eigenvalue weighted by molar-refractivity contribution is -0.385. The first-order chi connectivity index (χ1) is 10.6. The van der Waals surface area contributed by atoms with Gasteiger partial charge in [0.15, 0.2) is 0 Å². The average molecular weight is 335 g/mol. The molecule has 0 N–H and O–H groups in total. The Morgan fingerprint density at radius 2 is 1.77 bits per heavy atom. The third-order valence-electron chi connectivity index (χ3n) is 3.04. The summed E-state index contributed by atoms with van der Waals surface area (Å²) in [6.45, 7) is 0. The lowest BCUT2D eigenvalue weighted by atomic mass is 10.1. The number of pyridine rings is 1. The molecule has 3 aromatic rings. The molecule has 2 aromatic carbocycles. The highest BCUT2D eigenvalue weighted by atomic mass is 35.5. The number of rotatable bonds is 3. The Bertz CT molecular complexity index is 884. The summed E-state index contributed by atoms with van der Waals surface area (Å²) in [5.41, 5.74) is -0.196. The van der Waals surface area contributed by atoms with E-state index in [4.69, 9.17) is 27.9 Å². The van der Waals surface area contributed by atoms with E-state index in [2.05, 4.69) is 4.98 Å². The van der Waals surface area contributed by atoms with E-state index in [9.17, 15) is 10.1 Å². The van der Waals surface area contributed by atoms with Crippen LogP contribution in [0.5, 0.6) is 11.6 Å². The molecule has 0 spiro atoms. The molecule has 1 heterocycles. The summed E-state index contributed by atoms with van der Waals surface area (Å²) in [7, 11) is 0. The molecule has 0 aliphatic carbocycles. The molecule has 0 fully saturated rings.